The third-order valence-corrected chi connectivity index (χ3v) is 3.43. The molecule has 0 amide bonds. The van der Waals surface area contributed by atoms with Crippen LogP contribution in [0.4, 0.5) is 14.5 Å². The van der Waals surface area contributed by atoms with Crippen LogP contribution < -0.4 is 10.8 Å². The molecule has 0 bridgehead atoms. The van der Waals surface area contributed by atoms with Gasteiger partial charge in [0.05, 0.1) is 11.1 Å². The fourth-order valence-electron chi connectivity index (χ4n) is 2.41. The highest BCUT2D eigenvalue weighted by Gasteiger charge is 2.20. The average molecular weight is 274 g/mol. The van der Waals surface area contributed by atoms with Crippen LogP contribution in [0.5, 0.6) is 0 Å². The van der Waals surface area contributed by atoms with Gasteiger partial charge in [0.25, 0.3) is 0 Å². The summed E-state index contributed by atoms with van der Waals surface area (Å²) in [5.74, 6) is -0.916. The molecule has 0 spiro atoms. The van der Waals surface area contributed by atoms with Crippen molar-refractivity contribution in [3.8, 4) is 0 Å². The number of fused-ring (bicyclic) bond motifs is 3. The molecule has 3 rings (SSSR count). The molecule has 0 saturated carbocycles. The second kappa shape index (κ2) is 4.49. The summed E-state index contributed by atoms with van der Waals surface area (Å²) in [4.78, 5) is 0. The first-order valence-corrected chi connectivity index (χ1v) is 6.27. The van der Waals surface area contributed by atoms with E-state index < -0.39 is 11.6 Å². The van der Waals surface area contributed by atoms with E-state index in [1.807, 2.05) is 0 Å². The number of aryl methyl sites for hydroxylation is 2. The van der Waals surface area contributed by atoms with Crippen molar-refractivity contribution < 1.29 is 13.2 Å². The van der Waals surface area contributed by atoms with Crippen molar-refractivity contribution in [2.45, 2.75) is 13.8 Å². The van der Waals surface area contributed by atoms with Crippen molar-refractivity contribution in [3.63, 3.8) is 0 Å². The molecule has 1 aromatic heterocycles. The van der Waals surface area contributed by atoms with Gasteiger partial charge in [0.1, 0.15) is 0 Å². The molecule has 0 unspecified atom stereocenters. The lowest BCUT2D eigenvalue weighted by Crippen LogP contribution is -2.17. The van der Waals surface area contributed by atoms with Gasteiger partial charge in [-0.25, -0.2) is 8.78 Å². The molecular formula is C14H13BF2N2O. The summed E-state index contributed by atoms with van der Waals surface area (Å²) in [7, 11) is 1.71. The summed E-state index contributed by atoms with van der Waals surface area (Å²) in [6, 6.07) is 5.07. The zero-order chi connectivity index (χ0) is 14.4. The number of benzene rings is 2. The van der Waals surface area contributed by atoms with E-state index in [0.29, 0.717) is 27.6 Å². The van der Waals surface area contributed by atoms with Crippen LogP contribution in [-0.2, 0) is 0 Å². The van der Waals surface area contributed by atoms with Crippen molar-refractivity contribution in [3.05, 3.63) is 41.0 Å². The molecule has 3 nitrogen and oxygen atoms in total. The minimum atomic E-state index is -0.463. The second-order valence-corrected chi connectivity index (χ2v) is 4.81. The van der Waals surface area contributed by atoms with Gasteiger partial charge in [0.2, 0.25) is 7.98 Å². The van der Waals surface area contributed by atoms with E-state index >= 15 is 0 Å². The van der Waals surface area contributed by atoms with E-state index in [0.717, 1.165) is 0 Å². The summed E-state index contributed by atoms with van der Waals surface area (Å²) in [5, 5.41) is 3.89. The Balaban J connectivity index is 2.52. The highest BCUT2D eigenvalue weighted by atomic mass is 19.1. The molecule has 20 heavy (non-hydrogen) atoms. The maximum absolute atomic E-state index is 14.2. The molecule has 2 aromatic carbocycles. The van der Waals surface area contributed by atoms with Crippen LogP contribution in [0.3, 0.4) is 0 Å². The monoisotopic (exact) mass is 274 g/mol. The van der Waals surface area contributed by atoms with E-state index in [-0.39, 0.29) is 11.2 Å². The third kappa shape index (κ3) is 1.68. The van der Waals surface area contributed by atoms with Crippen molar-refractivity contribution in [1.29, 1.82) is 0 Å². The van der Waals surface area contributed by atoms with Crippen LogP contribution in [-0.4, -0.2) is 7.98 Å². The van der Waals surface area contributed by atoms with Gasteiger partial charge in [-0.1, -0.05) is 6.07 Å². The summed E-state index contributed by atoms with van der Waals surface area (Å²) in [5.41, 5.74) is 4.65. The van der Waals surface area contributed by atoms with Crippen LogP contribution in [0.2, 0.25) is 0 Å². The molecule has 3 aromatic rings. The molecule has 102 valence electrons. The largest absolute Gasteiger partial charge is 0.450 e. The summed E-state index contributed by atoms with van der Waals surface area (Å²) >= 11 is 0. The number of nitrogens with one attached hydrogen (secondary N) is 2. The number of halogens is 2. The number of furan rings is 1. The van der Waals surface area contributed by atoms with Crippen LogP contribution in [0, 0.1) is 25.5 Å². The molecule has 0 aliphatic carbocycles. The van der Waals surface area contributed by atoms with Gasteiger partial charge in [0, 0.05) is 5.39 Å². The standard InChI is InChI=1S/C14H13BF2N2O/c1-6-3-4-8-10-9(18-19-15)5-7(2)12(17)14(10)20-13(8)11(6)16/h3-5,18-19H,15H2,1-2H3. The van der Waals surface area contributed by atoms with Gasteiger partial charge in [-0.05, 0) is 37.1 Å². The molecule has 0 radical (unpaired) electrons. The zero-order valence-corrected chi connectivity index (χ0v) is 11.4. The average Bonchev–Trinajstić information content (AvgIpc) is 2.81. The van der Waals surface area contributed by atoms with Crippen LogP contribution in [0.25, 0.3) is 21.9 Å². The Morgan fingerprint density at radius 3 is 2.45 bits per heavy atom. The van der Waals surface area contributed by atoms with E-state index in [1.165, 1.54) is 0 Å². The smallest absolute Gasteiger partial charge is 0.208 e. The fourth-order valence-corrected chi connectivity index (χ4v) is 2.41. The minimum Gasteiger partial charge on any atom is -0.450 e. The Kier molecular flexibility index (Phi) is 2.90. The Bertz CT molecular complexity index is 829. The SMILES string of the molecule is BNNc1cc(C)c(F)c2oc3c(F)c(C)ccc3c12. The Morgan fingerprint density at radius 1 is 1.05 bits per heavy atom. The number of hydrogen-bond donors (Lipinski definition) is 2. The van der Waals surface area contributed by atoms with Gasteiger partial charge in [-0.3, -0.25) is 5.34 Å². The third-order valence-electron chi connectivity index (χ3n) is 3.43. The normalized spacial score (nSPS) is 11.4. The van der Waals surface area contributed by atoms with E-state index in [2.05, 4.69) is 10.8 Å². The topological polar surface area (TPSA) is 37.2 Å². The predicted octanol–water partition coefficient (Wildman–Crippen LogP) is 2.95. The van der Waals surface area contributed by atoms with Crippen molar-refractivity contribution in [2.24, 2.45) is 0 Å². The van der Waals surface area contributed by atoms with Crippen molar-refractivity contribution >= 4 is 35.6 Å². The Labute approximate surface area is 115 Å². The van der Waals surface area contributed by atoms with E-state index in [1.54, 1.807) is 40.0 Å². The molecule has 6 heteroatoms. The maximum Gasteiger partial charge on any atom is 0.208 e. The quantitative estimate of drug-likeness (QED) is 0.557. The molecule has 0 aliphatic rings. The Morgan fingerprint density at radius 2 is 1.75 bits per heavy atom. The zero-order valence-electron chi connectivity index (χ0n) is 11.4. The van der Waals surface area contributed by atoms with Crippen molar-refractivity contribution in [1.82, 2.24) is 5.34 Å². The molecule has 0 fully saturated rings. The lowest BCUT2D eigenvalue weighted by molar-refractivity contribution is 0.552. The van der Waals surface area contributed by atoms with E-state index in [4.69, 9.17) is 4.42 Å². The molecular weight excluding hydrogens is 261 g/mol. The lowest BCUT2D eigenvalue weighted by atomic mass is 10.1. The number of hydrogen-bond acceptors (Lipinski definition) is 3. The molecule has 0 atom stereocenters. The van der Waals surface area contributed by atoms with Crippen LogP contribution >= 0.6 is 0 Å². The highest BCUT2D eigenvalue weighted by molar-refractivity contribution is 6.13. The lowest BCUT2D eigenvalue weighted by Gasteiger charge is -2.08. The van der Waals surface area contributed by atoms with E-state index in [9.17, 15) is 8.78 Å². The summed E-state index contributed by atoms with van der Waals surface area (Å²) in [6.45, 7) is 3.29. The first-order valence-electron chi connectivity index (χ1n) is 6.27. The van der Waals surface area contributed by atoms with Crippen LogP contribution in [0.1, 0.15) is 11.1 Å². The minimum absolute atomic E-state index is 0.0715. The van der Waals surface area contributed by atoms with Gasteiger partial charge in [-0.15, -0.1) is 0 Å². The highest BCUT2D eigenvalue weighted by Crippen LogP contribution is 2.38. The van der Waals surface area contributed by atoms with Crippen LogP contribution in [0.15, 0.2) is 22.6 Å². The molecule has 2 N–H and O–H groups in total. The van der Waals surface area contributed by atoms with Crippen molar-refractivity contribution in [2.75, 3.05) is 5.43 Å². The summed E-state index contributed by atoms with van der Waals surface area (Å²) in [6.07, 6.45) is 0. The predicted molar refractivity (Wildman–Crippen MR) is 78.4 cm³/mol. The van der Waals surface area contributed by atoms with Gasteiger partial charge < -0.3 is 9.84 Å². The molecule has 0 saturated heterocycles. The first kappa shape index (κ1) is 12.9. The summed E-state index contributed by atoms with van der Waals surface area (Å²) < 4.78 is 33.8. The Hall–Kier alpha value is -2.08. The fraction of sp³-hybridized carbons (Fsp3) is 0.143. The first-order chi connectivity index (χ1) is 9.54. The number of hydrazine groups is 1. The molecule has 1 heterocycles. The number of anilines is 1. The second-order valence-electron chi connectivity index (χ2n) is 4.81. The van der Waals surface area contributed by atoms with Gasteiger partial charge in [-0.2, -0.15) is 0 Å². The van der Waals surface area contributed by atoms with Gasteiger partial charge in [0.15, 0.2) is 22.8 Å². The maximum atomic E-state index is 14.2. The van der Waals surface area contributed by atoms with Gasteiger partial charge >= 0.3 is 0 Å². The molecule has 0 aliphatic heterocycles. The number of rotatable bonds is 2.